The molecule has 5 rings (SSSR count). The summed E-state index contributed by atoms with van der Waals surface area (Å²) in [5.74, 6) is -2.79. The number of nitriles is 1. The SMILES string of the molecule is COc1ccc([C@@]23Oc4cc(C#N)cnc4[C@]2(O)[C@H](O)[C@H](C(=O)O)[C@H]3C2(C)C=CC=CC2)cc1. The van der Waals surface area contributed by atoms with Crippen molar-refractivity contribution in [2.75, 3.05) is 7.11 Å². The number of pyridine rings is 1. The first-order valence-electron chi connectivity index (χ1n) is 10.9. The first-order chi connectivity index (χ1) is 16.2. The number of aliphatic hydroxyl groups excluding tert-OH is 1. The molecule has 1 saturated carbocycles. The van der Waals surface area contributed by atoms with Crippen LogP contribution in [0.4, 0.5) is 0 Å². The van der Waals surface area contributed by atoms with Crippen LogP contribution in [0.25, 0.3) is 0 Å². The van der Waals surface area contributed by atoms with Crippen molar-refractivity contribution in [1.29, 1.82) is 5.26 Å². The van der Waals surface area contributed by atoms with Gasteiger partial charge in [0, 0.05) is 18.2 Å². The van der Waals surface area contributed by atoms with E-state index < -0.39 is 40.5 Å². The Balaban J connectivity index is 1.84. The number of aromatic nitrogens is 1. The molecule has 0 amide bonds. The van der Waals surface area contributed by atoms with Crippen LogP contribution in [0.5, 0.6) is 11.5 Å². The standard InChI is InChI=1S/C26H24N2O6/c1-24(10-4-3-5-11-24)20-19(23(30)31)22(29)25(32)21-18(12-15(13-27)14-28-21)34-26(20,25)16-6-8-17(33-2)9-7-16/h3-10,12,14,19-20,22,29,32H,11H2,1-2H3,(H,30,31)/t19-,20+,22-,24?,25+,26+/m1/s1. The molecule has 0 bridgehead atoms. The lowest BCUT2D eigenvalue weighted by atomic mass is 9.60. The van der Waals surface area contributed by atoms with Crippen molar-refractivity contribution in [2.24, 2.45) is 17.3 Å². The van der Waals surface area contributed by atoms with E-state index in [0.29, 0.717) is 17.7 Å². The molecule has 34 heavy (non-hydrogen) atoms. The van der Waals surface area contributed by atoms with Crippen LogP contribution in [0.3, 0.4) is 0 Å². The number of carboxylic acids is 1. The summed E-state index contributed by atoms with van der Waals surface area (Å²) in [5.41, 5.74) is -3.96. The molecule has 6 atom stereocenters. The average molecular weight is 460 g/mol. The number of methoxy groups -OCH3 is 1. The molecule has 1 aromatic heterocycles. The fourth-order valence-corrected chi connectivity index (χ4v) is 6.08. The third kappa shape index (κ3) is 2.65. The summed E-state index contributed by atoms with van der Waals surface area (Å²) in [5, 5.41) is 43.5. The van der Waals surface area contributed by atoms with Crippen LogP contribution in [0, 0.1) is 28.6 Å². The maximum atomic E-state index is 12.6. The number of aliphatic carboxylic acids is 1. The number of benzene rings is 1. The van der Waals surface area contributed by atoms with Crippen molar-refractivity contribution in [3.8, 4) is 17.6 Å². The molecule has 174 valence electrons. The molecule has 3 aliphatic rings. The fourth-order valence-electron chi connectivity index (χ4n) is 6.08. The Kier molecular flexibility index (Phi) is 4.83. The summed E-state index contributed by atoms with van der Waals surface area (Å²) < 4.78 is 11.8. The van der Waals surface area contributed by atoms with E-state index in [1.807, 2.05) is 37.3 Å². The van der Waals surface area contributed by atoms with Gasteiger partial charge < -0.3 is 24.8 Å². The van der Waals surface area contributed by atoms with Crippen molar-refractivity contribution < 1.29 is 29.6 Å². The second-order valence-corrected chi connectivity index (χ2v) is 9.30. The Labute approximate surface area is 196 Å². The van der Waals surface area contributed by atoms with Crippen LogP contribution in [0.2, 0.25) is 0 Å². The van der Waals surface area contributed by atoms with E-state index >= 15 is 0 Å². The number of fused-ring (bicyclic) bond motifs is 3. The fraction of sp³-hybridized carbons (Fsp3) is 0.346. The molecule has 0 saturated heterocycles. The summed E-state index contributed by atoms with van der Waals surface area (Å²) in [6, 6.07) is 10.3. The molecular weight excluding hydrogens is 436 g/mol. The maximum absolute atomic E-state index is 12.6. The third-order valence-electron chi connectivity index (χ3n) is 7.54. The van der Waals surface area contributed by atoms with Gasteiger partial charge in [0.05, 0.1) is 18.6 Å². The number of carbonyl (C=O) groups is 1. The van der Waals surface area contributed by atoms with Crippen LogP contribution in [-0.4, -0.2) is 39.5 Å². The molecule has 8 heteroatoms. The lowest BCUT2D eigenvalue weighted by Gasteiger charge is -2.47. The van der Waals surface area contributed by atoms with Gasteiger partial charge in [-0.1, -0.05) is 43.4 Å². The smallest absolute Gasteiger partial charge is 0.309 e. The van der Waals surface area contributed by atoms with E-state index in [1.54, 1.807) is 24.3 Å². The number of nitrogens with zero attached hydrogens (tertiary/aromatic N) is 2. The number of allylic oxidation sites excluding steroid dienone is 4. The van der Waals surface area contributed by atoms with Gasteiger partial charge in [-0.3, -0.25) is 9.78 Å². The molecule has 2 aliphatic carbocycles. The lowest BCUT2D eigenvalue weighted by Crippen LogP contribution is -2.55. The molecule has 3 N–H and O–H groups in total. The number of ether oxygens (including phenoxy) is 2. The van der Waals surface area contributed by atoms with Crippen molar-refractivity contribution in [1.82, 2.24) is 4.98 Å². The highest BCUT2D eigenvalue weighted by molar-refractivity contribution is 5.74. The Morgan fingerprint density at radius 1 is 1.29 bits per heavy atom. The molecule has 2 aromatic rings. The van der Waals surface area contributed by atoms with E-state index in [2.05, 4.69) is 4.98 Å². The molecular formula is C26H24N2O6. The zero-order chi connectivity index (χ0) is 24.3. The van der Waals surface area contributed by atoms with Crippen molar-refractivity contribution in [3.63, 3.8) is 0 Å². The van der Waals surface area contributed by atoms with Gasteiger partial charge in [-0.2, -0.15) is 5.26 Å². The Bertz CT molecular complexity index is 1270. The van der Waals surface area contributed by atoms with Gasteiger partial charge in [0.1, 0.15) is 29.4 Å². The average Bonchev–Trinajstić information content (AvgIpc) is 3.22. The van der Waals surface area contributed by atoms with Crippen LogP contribution >= 0.6 is 0 Å². The first-order valence-corrected chi connectivity index (χ1v) is 10.9. The van der Waals surface area contributed by atoms with Gasteiger partial charge >= 0.3 is 5.97 Å². The van der Waals surface area contributed by atoms with Crippen molar-refractivity contribution >= 4 is 5.97 Å². The highest BCUT2D eigenvalue weighted by atomic mass is 16.5. The number of hydrogen-bond acceptors (Lipinski definition) is 7. The van der Waals surface area contributed by atoms with E-state index in [4.69, 9.17) is 9.47 Å². The maximum Gasteiger partial charge on any atom is 0.309 e. The van der Waals surface area contributed by atoms with Crippen molar-refractivity contribution in [2.45, 2.75) is 30.7 Å². The lowest BCUT2D eigenvalue weighted by molar-refractivity contribution is -0.167. The summed E-state index contributed by atoms with van der Waals surface area (Å²) in [6.07, 6.45) is 7.58. The van der Waals surface area contributed by atoms with Crippen LogP contribution in [-0.2, 0) is 16.0 Å². The molecule has 0 spiro atoms. The highest BCUT2D eigenvalue weighted by Gasteiger charge is 2.80. The van der Waals surface area contributed by atoms with Gasteiger partial charge in [0.2, 0.25) is 0 Å². The van der Waals surface area contributed by atoms with Crippen LogP contribution < -0.4 is 9.47 Å². The summed E-state index contributed by atoms with van der Waals surface area (Å²) in [7, 11) is 1.53. The molecule has 1 aromatic carbocycles. The quantitative estimate of drug-likeness (QED) is 0.634. The number of hydrogen-bond donors (Lipinski definition) is 3. The molecule has 1 aliphatic heterocycles. The van der Waals surface area contributed by atoms with E-state index in [9.17, 15) is 25.4 Å². The first kappa shape index (κ1) is 22.1. The number of carboxylic acid groups (broad SMARTS) is 1. The van der Waals surface area contributed by atoms with Crippen molar-refractivity contribution in [3.05, 3.63) is 77.7 Å². The summed E-state index contributed by atoms with van der Waals surface area (Å²) in [4.78, 5) is 16.9. The Morgan fingerprint density at radius 2 is 2.03 bits per heavy atom. The van der Waals surface area contributed by atoms with Crippen LogP contribution in [0.15, 0.2) is 60.8 Å². The zero-order valence-electron chi connectivity index (χ0n) is 18.7. The van der Waals surface area contributed by atoms with Gasteiger partial charge in [0.15, 0.2) is 11.2 Å². The predicted molar refractivity (Wildman–Crippen MR) is 120 cm³/mol. The minimum atomic E-state index is -2.18. The number of rotatable bonds is 4. The van der Waals surface area contributed by atoms with Gasteiger partial charge in [-0.05, 0) is 29.5 Å². The Hall–Kier alpha value is -3.67. The van der Waals surface area contributed by atoms with E-state index in [0.717, 1.165) is 0 Å². The molecule has 0 radical (unpaired) electrons. The second kappa shape index (κ2) is 7.42. The summed E-state index contributed by atoms with van der Waals surface area (Å²) >= 11 is 0. The third-order valence-corrected chi connectivity index (χ3v) is 7.54. The second-order valence-electron chi connectivity index (χ2n) is 9.30. The normalized spacial score (nSPS) is 35.2. The van der Waals surface area contributed by atoms with E-state index in [1.165, 1.54) is 19.4 Å². The van der Waals surface area contributed by atoms with Crippen LogP contribution in [0.1, 0.15) is 30.2 Å². The minimum absolute atomic E-state index is 0.0162. The molecule has 8 nitrogen and oxygen atoms in total. The minimum Gasteiger partial charge on any atom is -0.497 e. The van der Waals surface area contributed by atoms with Gasteiger partial charge in [0.25, 0.3) is 0 Å². The monoisotopic (exact) mass is 460 g/mol. The van der Waals surface area contributed by atoms with Gasteiger partial charge in [-0.25, -0.2) is 0 Å². The summed E-state index contributed by atoms with van der Waals surface area (Å²) in [6.45, 7) is 1.90. The highest BCUT2D eigenvalue weighted by Crippen LogP contribution is 2.69. The topological polar surface area (TPSA) is 133 Å². The molecule has 1 unspecified atom stereocenters. The molecule has 1 fully saturated rings. The number of aliphatic hydroxyl groups is 2. The van der Waals surface area contributed by atoms with E-state index in [-0.39, 0.29) is 17.0 Å². The molecule has 2 heterocycles. The largest absolute Gasteiger partial charge is 0.497 e. The van der Waals surface area contributed by atoms with Gasteiger partial charge in [-0.15, -0.1) is 0 Å². The zero-order valence-corrected chi connectivity index (χ0v) is 18.7. The predicted octanol–water partition coefficient (Wildman–Crippen LogP) is 2.65. The Morgan fingerprint density at radius 3 is 2.62 bits per heavy atom.